The lowest BCUT2D eigenvalue weighted by atomic mass is 10.1. The fourth-order valence-corrected chi connectivity index (χ4v) is 2.10. The summed E-state index contributed by atoms with van der Waals surface area (Å²) in [6, 6.07) is 10.6. The summed E-state index contributed by atoms with van der Waals surface area (Å²) < 4.78 is 0. The van der Waals surface area contributed by atoms with E-state index >= 15 is 0 Å². The second kappa shape index (κ2) is 7.88. The molecule has 0 atom stereocenters. The first-order valence-electron chi connectivity index (χ1n) is 6.64. The van der Waals surface area contributed by atoms with Crippen molar-refractivity contribution in [3.63, 3.8) is 0 Å². The number of aliphatic imine (C=N–C) groups is 1. The van der Waals surface area contributed by atoms with E-state index in [4.69, 9.17) is 0 Å². The molecular formula is C15H24N2. The molecule has 0 bridgehead atoms. The highest BCUT2D eigenvalue weighted by molar-refractivity contribution is 5.82. The second-order valence-corrected chi connectivity index (χ2v) is 4.00. The highest BCUT2D eigenvalue weighted by Crippen LogP contribution is 2.15. The molecular weight excluding hydrogens is 208 g/mol. The molecule has 2 nitrogen and oxygen atoms in total. The Hall–Kier alpha value is -1.31. The van der Waals surface area contributed by atoms with Crippen LogP contribution in [0.2, 0.25) is 0 Å². The average Bonchev–Trinajstić information content (AvgIpc) is 2.43. The first kappa shape index (κ1) is 13.8. The summed E-state index contributed by atoms with van der Waals surface area (Å²) in [4.78, 5) is 6.77. The molecule has 94 valence electrons. The van der Waals surface area contributed by atoms with Gasteiger partial charge in [0.05, 0.1) is 5.84 Å². The lowest BCUT2D eigenvalue weighted by Crippen LogP contribution is -2.34. The number of benzene rings is 1. The number of amidine groups is 1. The third-order valence-electron chi connectivity index (χ3n) is 2.92. The Morgan fingerprint density at radius 2 is 1.82 bits per heavy atom. The van der Waals surface area contributed by atoms with Crippen LogP contribution in [-0.4, -0.2) is 24.3 Å². The molecule has 2 heteroatoms. The average molecular weight is 232 g/mol. The van der Waals surface area contributed by atoms with Crippen molar-refractivity contribution in [2.24, 2.45) is 4.99 Å². The zero-order valence-electron chi connectivity index (χ0n) is 11.3. The van der Waals surface area contributed by atoms with E-state index in [-0.39, 0.29) is 0 Å². The van der Waals surface area contributed by atoms with Crippen LogP contribution in [0.1, 0.15) is 38.7 Å². The van der Waals surface area contributed by atoms with Gasteiger partial charge in [-0.15, -0.1) is 0 Å². The van der Waals surface area contributed by atoms with Crippen molar-refractivity contribution >= 4 is 5.84 Å². The maximum absolute atomic E-state index is 4.37. The molecule has 0 spiro atoms. The number of hydrogen-bond donors (Lipinski definition) is 0. The molecule has 1 aromatic carbocycles. The Bertz CT molecular complexity index is 330. The summed E-state index contributed by atoms with van der Waals surface area (Å²) in [6.45, 7) is 6.16. The van der Waals surface area contributed by atoms with Gasteiger partial charge in [-0.1, -0.05) is 44.2 Å². The summed E-state index contributed by atoms with van der Waals surface area (Å²) in [6.07, 6.45) is 3.73. The Labute approximate surface area is 105 Å². The summed E-state index contributed by atoms with van der Waals surface area (Å²) in [5.41, 5.74) is 1.38. The SMILES string of the molecule is CC.CN=C1CCCCN1Cc1ccccc1. The molecule has 1 aromatic rings. The van der Waals surface area contributed by atoms with E-state index in [2.05, 4.69) is 40.2 Å². The highest BCUT2D eigenvalue weighted by atomic mass is 15.2. The number of piperidine rings is 1. The molecule has 0 amide bonds. The van der Waals surface area contributed by atoms with Crippen LogP contribution in [0.25, 0.3) is 0 Å². The lowest BCUT2D eigenvalue weighted by molar-refractivity contribution is 0.363. The van der Waals surface area contributed by atoms with Crippen molar-refractivity contribution in [3.05, 3.63) is 35.9 Å². The molecule has 0 radical (unpaired) electrons. The van der Waals surface area contributed by atoms with Crippen molar-refractivity contribution < 1.29 is 0 Å². The minimum atomic E-state index is 1.01. The molecule has 2 rings (SSSR count). The van der Waals surface area contributed by atoms with Crippen LogP contribution in [0.15, 0.2) is 35.3 Å². The Morgan fingerprint density at radius 1 is 1.12 bits per heavy atom. The van der Waals surface area contributed by atoms with Crippen molar-refractivity contribution in [1.82, 2.24) is 4.90 Å². The number of hydrogen-bond acceptors (Lipinski definition) is 1. The Kier molecular flexibility index (Phi) is 6.38. The molecule has 1 aliphatic rings. The zero-order valence-corrected chi connectivity index (χ0v) is 11.3. The molecule has 1 saturated heterocycles. The molecule has 1 fully saturated rings. The fraction of sp³-hybridized carbons (Fsp3) is 0.533. The van der Waals surface area contributed by atoms with Crippen LogP contribution in [0.3, 0.4) is 0 Å². The third-order valence-corrected chi connectivity index (χ3v) is 2.92. The number of rotatable bonds is 2. The summed E-state index contributed by atoms with van der Waals surface area (Å²) in [5, 5.41) is 0. The summed E-state index contributed by atoms with van der Waals surface area (Å²) in [7, 11) is 1.90. The van der Waals surface area contributed by atoms with Gasteiger partial charge in [-0.2, -0.15) is 0 Å². The summed E-state index contributed by atoms with van der Waals surface area (Å²) >= 11 is 0. The minimum absolute atomic E-state index is 1.01. The first-order chi connectivity index (χ1) is 8.40. The van der Waals surface area contributed by atoms with Gasteiger partial charge in [-0.25, -0.2) is 0 Å². The molecule has 0 unspecified atom stereocenters. The lowest BCUT2D eigenvalue weighted by Gasteiger charge is -2.30. The predicted molar refractivity (Wildman–Crippen MR) is 75.4 cm³/mol. The minimum Gasteiger partial charge on any atom is -0.356 e. The van der Waals surface area contributed by atoms with Crippen LogP contribution in [0, 0.1) is 0 Å². The Balaban J connectivity index is 0.000000686. The second-order valence-electron chi connectivity index (χ2n) is 4.00. The van der Waals surface area contributed by atoms with Crippen molar-refractivity contribution in [2.75, 3.05) is 13.6 Å². The van der Waals surface area contributed by atoms with Gasteiger partial charge < -0.3 is 4.90 Å². The largest absolute Gasteiger partial charge is 0.356 e. The van der Waals surface area contributed by atoms with E-state index in [1.807, 2.05) is 20.9 Å². The number of nitrogens with zero attached hydrogens (tertiary/aromatic N) is 2. The molecule has 0 aliphatic carbocycles. The van der Waals surface area contributed by atoms with E-state index in [0.717, 1.165) is 19.5 Å². The monoisotopic (exact) mass is 232 g/mol. The summed E-state index contributed by atoms with van der Waals surface area (Å²) in [5.74, 6) is 1.27. The van der Waals surface area contributed by atoms with Crippen molar-refractivity contribution in [1.29, 1.82) is 0 Å². The predicted octanol–water partition coefficient (Wildman–Crippen LogP) is 3.73. The van der Waals surface area contributed by atoms with E-state index in [0.29, 0.717) is 0 Å². The van der Waals surface area contributed by atoms with Crippen LogP contribution >= 0.6 is 0 Å². The molecule has 0 saturated carbocycles. The molecule has 0 N–H and O–H groups in total. The maximum atomic E-state index is 4.37. The van der Waals surface area contributed by atoms with Gasteiger partial charge in [0.1, 0.15) is 0 Å². The first-order valence-corrected chi connectivity index (χ1v) is 6.64. The zero-order chi connectivity index (χ0) is 12.5. The van der Waals surface area contributed by atoms with Gasteiger partial charge in [0, 0.05) is 26.6 Å². The quantitative estimate of drug-likeness (QED) is 0.758. The van der Waals surface area contributed by atoms with Crippen molar-refractivity contribution in [3.8, 4) is 0 Å². The molecule has 17 heavy (non-hydrogen) atoms. The molecule has 1 heterocycles. The van der Waals surface area contributed by atoms with E-state index < -0.39 is 0 Å². The van der Waals surface area contributed by atoms with E-state index in [9.17, 15) is 0 Å². The van der Waals surface area contributed by atoms with Gasteiger partial charge in [-0.05, 0) is 18.4 Å². The van der Waals surface area contributed by atoms with Gasteiger partial charge in [-0.3, -0.25) is 4.99 Å². The smallest absolute Gasteiger partial charge is 0.0988 e. The van der Waals surface area contributed by atoms with Gasteiger partial charge in [0.15, 0.2) is 0 Å². The van der Waals surface area contributed by atoms with E-state index in [1.165, 1.54) is 24.2 Å². The maximum Gasteiger partial charge on any atom is 0.0988 e. The molecule has 1 aliphatic heterocycles. The molecule has 0 aromatic heterocycles. The van der Waals surface area contributed by atoms with Crippen LogP contribution < -0.4 is 0 Å². The van der Waals surface area contributed by atoms with Gasteiger partial charge in [0.25, 0.3) is 0 Å². The van der Waals surface area contributed by atoms with E-state index in [1.54, 1.807) is 0 Å². The van der Waals surface area contributed by atoms with Gasteiger partial charge in [0.2, 0.25) is 0 Å². The fourth-order valence-electron chi connectivity index (χ4n) is 2.10. The number of likely N-dealkylation sites (tertiary alicyclic amines) is 1. The highest BCUT2D eigenvalue weighted by Gasteiger charge is 2.15. The third kappa shape index (κ3) is 4.22. The van der Waals surface area contributed by atoms with Crippen molar-refractivity contribution in [2.45, 2.75) is 39.7 Å². The van der Waals surface area contributed by atoms with Gasteiger partial charge >= 0.3 is 0 Å². The Morgan fingerprint density at radius 3 is 2.47 bits per heavy atom. The normalized spacial score (nSPS) is 17.6. The topological polar surface area (TPSA) is 15.6 Å². The standard InChI is InChI=1S/C13H18N2.C2H6/c1-14-13-9-5-6-10-15(13)11-12-7-3-2-4-8-12;1-2/h2-4,7-8H,5-6,9-11H2,1H3;1-2H3. The van der Waals surface area contributed by atoms with Crippen LogP contribution in [0.5, 0.6) is 0 Å². The van der Waals surface area contributed by atoms with Crippen LogP contribution in [0.4, 0.5) is 0 Å². The van der Waals surface area contributed by atoms with Crippen LogP contribution in [-0.2, 0) is 6.54 Å².